The molecule has 4 aliphatic rings. The number of hydrogen-bond donors (Lipinski definition) is 0. The van der Waals surface area contributed by atoms with Gasteiger partial charge in [-0.05, 0) is 31.7 Å². The first kappa shape index (κ1) is 14.6. The van der Waals surface area contributed by atoms with Gasteiger partial charge in [-0.15, -0.1) is 0 Å². The number of rotatable bonds is 4. The van der Waals surface area contributed by atoms with Crippen LogP contribution >= 0.6 is 0 Å². The number of carbonyl (C=O) groups is 1. The maximum Gasteiger partial charge on any atom is 0.252 e. The van der Waals surface area contributed by atoms with Crippen molar-refractivity contribution < 1.29 is 19.0 Å². The third-order valence-corrected chi connectivity index (χ3v) is 5.56. The van der Waals surface area contributed by atoms with Crippen molar-refractivity contribution in [2.75, 3.05) is 19.8 Å². The van der Waals surface area contributed by atoms with Crippen LogP contribution in [0, 0.1) is 0 Å². The fourth-order valence-electron chi connectivity index (χ4n) is 4.15. The minimum Gasteiger partial charge on any atom is -0.493 e. The molecular formula is C19H23NO4. The van der Waals surface area contributed by atoms with Gasteiger partial charge in [0.1, 0.15) is 17.6 Å². The van der Waals surface area contributed by atoms with Crippen LogP contribution in [0.25, 0.3) is 0 Å². The molecule has 1 unspecified atom stereocenters. The molecule has 3 aliphatic heterocycles. The molecule has 1 atom stereocenters. The molecule has 1 aromatic carbocycles. The zero-order chi connectivity index (χ0) is 16.1. The predicted octanol–water partition coefficient (Wildman–Crippen LogP) is 2.23. The number of ether oxygens (including phenoxy) is 3. The summed E-state index contributed by atoms with van der Waals surface area (Å²) < 4.78 is 17.4. The van der Waals surface area contributed by atoms with Gasteiger partial charge < -0.3 is 19.1 Å². The van der Waals surface area contributed by atoms with Gasteiger partial charge in [-0.25, -0.2) is 0 Å². The van der Waals surface area contributed by atoms with Gasteiger partial charge >= 0.3 is 0 Å². The molecular weight excluding hydrogens is 306 g/mol. The second kappa shape index (κ2) is 5.66. The van der Waals surface area contributed by atoms with Crippen molar-refractivity contribution in [1.82, 2.24) is 4.90 Å². The van der Waals surface area contributed by atoms with E-state index in [-0.39, 0.29) is 12.0 Å². The number of hydrogen-bond acceptors (Lipinski definition) is 4. The van der Waals surface area contributed by atoms with E-state index in [9.17, 15) is 4.79 Å². The minimum atomic E-state index is -0.243. The maximum atomic E-state index is 13.0. The van der Waals surface area contributed by atoms with E-state index in [1.165, 1.54) is 16.7 Å². The van der Waals surface area contributed by atoms with E-state index >= 15 is 0 Å². The average molecular weight is 329 g/mol. The SMILES string of the molecule is O=C(C1CCCO1)N(Cc1c2c(cc3c1OCC3)OCC2)C1CC1. The number of benzene rings is 1. The number of nitrogens with zero attached hydrogens (tertiary/aromatic N) is 1. The molecule has 0 radical (unpaired) electrons. The smallest absolute Gasteiger partial charge is 0.252 e. The first-order chi connectivity index (χ1) is 11.8. The first-order valence-corrected chi connectivity index (χ1v) is 9.16. The Bertz CT molecular complexity index is 644. The van der Waals surface area contributed by atoms with Gasteiger partial charge in [0.15, 0.2) is 0 Å². The summed E-state index contributed by atoms with van der Waals surface area (Å²) >= 11 is 0. The van der Waals surface area contributed by atoms with Crippen molar-refractivity contribution >= 4 is 5.91 Å². The highest BCUT2D eigenvalue weighted by Gasteiger charge is 2.39. The van der Waals surface area contributed by atoms with Crippen molar-refractivity contribution in [2.45, 2.75) is 57.2 Å². The Morgan fingerprint density at radius 3 is 2.79 bits per heavy atom. The second-order valence-electron chi connectivity index (χ2n) is 7.22. The van der Waals surface area contributed by atoms with Gasteiger partial charge in [-0.2, -0.15) is 0 Å². The van der Waals surface area contributed by atoms with E-state index in [1.54, 1.807) is 0 Å². The summed E-state index contributed by atoms with van der Waals surface area (Å²) in [5, 5.41) is 0. The lowest BCUT2D eigenvalue weighted by atomic mass is 9.98. The minimum absolute atomic E-state index is 0.165. The van der Waals surface area contributed by atoms with Crippen molar-refractivity contribution in [2.24, 2.45) is 0 Å². The summed E-state index contributed by atoms with van der Waals surface area (Å²) in [5.74, 6) is 2.16. The lowest BCUT2D eigenvalue weighted by Gasteiger charge is -2.27. The zero-order valence-electron chi connectivity index (χ0n) is 13.9. The Morgan fingerprint density at radius 2 is 2.00 bits per heavy atom. The molecule has 5 nitrogen and oxygen atoms in total. The van der Waals surface area contributed by atoms with Crippen molar-refractivity contribution in [3.8, 4) is 11.5 Å². The fourth-order valence-corrected chi connectivity index (χ4v) is 4.15. The topological polar surface area (TPSA) is 48.0 Å². The first-order valence-electron chi connectivity index (χ1n) is 9.16. The van der Waals surface area contributed by atoms with Gasteiger partial charge in [0.05, 0.1) is 19.8 Å². The molecule has 0 N–H and O–H groups in total. The van der Waals surface area contributed by atoms with Crippen LogP contribution in [-0.2, 0) is 28.9 Å². The van der Waals surface area contributed by atoms with Crippen LogP contribution in [-0.4, -0.2) is 42.8 Å². The second-order valence-corrected chi connectivity index (χ2v) is 7.22. The van der Waals surface area contributed by atoms with Crippen molar-refractivity contribution in [3.63, 3.8) is 0 Å². The number of amides is 1. The van der Waals surface area contributed by atoms with E-state index in [0.29, 0.717) is 19.2 Å². The van der Waals surface area contributed by atoms with E-state index in [0.717, 1.165) is 63.2 Å². The van der Waals surface area contributed by atoms with Crippen LogP contribution in [0.3, 0.4) is 0 Å². The molecule has 5 heteroatoms. The van der Waals surface area contributed by atoms with Crippen LogP contribution < -0.4 is 9.47 Å². The summed E-state index contributed by atoms with van der Waals surface area (Å²) in [4.78, 5) is 15.0. The molecule has 1 saturated carbocycles. The van der Waals surface area contributed by atoms with E-state index < -0.39 is 0 Å². The Kier molecular flexibility index (Phi) is 3.44. The van der Waals surface area contributed by atoms with E-state index in [2.05, 4.69) is 6.07 Å². The molecule has 1 aromatic rings. The summed E-state index contributed by atoms with van der Waals surface area (Å²) in [6.07, 6.45) is 5.65. The Labute approximate surface area is 141 Å². The van der Waals surface area contributed by atoms with Crippen molar-refractivity contribution in [3.05, 3.63) is 22.8 Å². The molecule has 2 fully saturated rings. The standard InChI is InChI=1S/C19H23NO4/c21-19(16-2-1-7-22-16)20(13-3-4-13)11-15-14-6-9-23-17(14)10-12-5-8-24-18(12)15/h10,13,16H,1-9,11H2. The zero-order valence-corrected chi connectivity index (χ0v) is 13.9. The molecule has 1 saturated heterocycles. The Balaban J connectivity index is 1.48. The van der Waals surface area contributed by atoms with Gasteiger partial charge in [-0.3, -0.25) is 4.79 Å². The largest absolute Gasteiger partial charge is 0.493 e. The highest BCUT2D eigenvalue weighted by atomic mass is 16.5. The Morgan fingerprint density at radius 1 is 1.12 bits per heavy atom. The molecule has 24 heavy (non-hydrogen) atoms. The van der Waals surface area contributed by atoms with Crippen LogP contribution in [0.2, 0.25) is 0 Å². The average Bonchev–Trinajstić information content (AvgIpc) is 3.01. The number of fused-ring (bicyclic) bond motifs is 2. The van der Waals surface area contributed by atoms with Gasteiger partial charge in [-0.1, -0.05) is 0 Å². The number of carbonyl (C=O) groups excluding carboxylic acids is 1. The highest BCUT2D eigenvalue weighted by molar-refractivity contribution is 5.82. The quantitative estimate of drug-likeness (QED) is 0.850. The van der Waals surface area contributed by atoms with Crippen LogP contribution in [0.5, 0.6) is 11.5 Å². The molecule has 3 heterocycles. The Hall–Kier alpha value is -1.75. The van der Waals surface area contributed by atoms with E-state index in [4.69, 9.17) is 14.2 Å². The van der Waals surface area contributed by atoms with E-state index in [1.807, 2.05) is 4.90 Å². The van der Waals surface area contributed by atoms with Crippen molar-refractivity contribution in [1.29, 1.82) is 0 Å². The monoisotopic (exact) mass is 329 g/mol. The molecule has 5 rings (SSSR count). The highest BCUT2D eigenvalue weighted by Crippen LogP contribution is 2.42. The maximum absolute atomic E-state index is 13.0. The third-order valence-electron chi connectivity index (χ3n) is 5.56. The predicted molar refractivity (Wildman–Crippen MR) is 87.4 cm³/mol. The van der Waals surface area contributed by atoms with Gasteiger partial charge in [0, 0.05) is 42.2 Å². The summed E-state index contributed by atoms with van der Waals surface area (Å²) in [6, 6.07) is 2.51. The molecule has 0 bridgehead atoms. The van der Waals surface area contributed by atoms with Crippen LogP contribution in [0.4, 0.5) is 0 Å². The molecule has 128 valence electrons. The molecule has 1 aliphatic carbocycles. The lowest BCUT2D eigenvalue weighted by molar-refractivity contribution is -0.142. The summed E-state index contributed by atoms with van der Waals surface area (Å²) in [5.41, 5.74) is 3.64. The molecule has 0 aromatic heterocycles. The third kappa shape index (κ3) is 2.37. The summed E-state index contributed by atoms with van der Waals surface area (Å²) in [6.45, 7) is 2.81. The fraction of sp³-hybridized carbons (Fsp3) is 0.632. The molecule has 0 spiro atoms. The lowest BCUT2D eigenvalue weighted by Crippen LogP contribution is -2.40. The summed E-state index contributed by atoms with van der Waals surface area (Å²) in [7, 11) is 0. The van der Waals surface area contributed by atoms with Gasteiger partial charge in [0.2, 0.25) is 0 Å². The van der Waals surface area contributed by atoms with Gasteiger partial charge in [0.25, 0.3) is 5.91 Å². The van der Waals surface area contributed by atoms with Crippen LogP contribution in [0.1, 0.15) is 42.4 Å². The van der Waals surface area contributed by atoms with Crippen LogP contribution in [0.15, 0.2) is 6.07 Å². The molecule has 1 amide bonds. The normalized spacial score (nSPS) is 24.2.